The van der Waals surface area contributed by atoms with E-state index in [1.165, 1.54) is 12.1 Å². The van der Waals surface area contributed by atoms with Gasteiger partial charge in [-0.25, -0.2) is 65.5 Å². The van der Waals surface area contributed by atoms with Crippen molar-refractivity contribution in [2.24, 2.45) is 0 Å². The number of sulfonamides is 2. The first kappa shape index (κ1) is 69.7. The maximum absolute atomic E-state index is 14.6. The van der Waals surface area contributed by atoms with Crippen molar-refractivity contribution >= 4 is 55.2 Å². The Morgan fingerprint density at radius 2 is 0.802 bits per heavy atom. The molecule has 4 aliphatic heterocycles. The SMILES string of the molecule is O=C(O)c1ccc(N(Cc2ccc(C3CCOCC3)cc2)C(=O)[C@H]2CCCN2S(=O)(=O)c2c(F)c(F)c(F)c(F)c2F)cc1O.O=C([O-])c1ccc(N(Cc2ccc(C3CCOCC3)cc2)C(=O)[C@H]2CCCN2S(=O)(=O)c2c(F)c(F)c(F)c(F)c2F)cc1O.[Na+]. The molecule has 3 N–H and O–H groups in total. The Balaban J connectivity index is 0.000000232. The number of carbonyl (C=O) groups excluding carboxylic acids is 3. The van der Waals surface area contributed by atoms with Crippen LogP contribution in [0.2, 0.25) is 0 Å². The minimum absolute atomic E-state index is 0. The Labute approximate surface area is 535 Å². The Morgan fingerprint density at radius 3 is 1.11 bits per heavy atom. The van der Waals surface area contributed by atoms with Crippen LogP contribution in [0.1, 0.15) is 106 Å². The van der Waals surface area contributed by atoms with Crippen molar-refractivity contribution in [3.8, 4) is 11.5 Å². The maximum Gasteiger partial charge on any atom is 1.00 e. The third-order valence-electron chi connectivity index (χ3n) is 16.0. The standard InChI is InChI=1S/2C30H27F5N2O7S.Na/c2*31-23-24(32)26(34)28(27(35)25(23)33)45(42,43)37-11-1-2-21(37)29(39)36(19-7-8-20(30(40)41)22(38)14-19)15-16-3-5-17(6-4-16)18-9-12-44-13-10-18;/h2*3-8,14,18,21,38H,1-2,9-13,15H2,(H,40,41);/q;;+1/p-1/t2*21-;/m11./s1. The van der Waals surface area contributed by atoms with Crippen LogP contribution in [0.4, 0.5) is 55.3 Å². The molecule has 6 aromatic rings. The zero-order chi connectivity index (χ0) is 65.3. The minimum Gasteiger partial charge on any atom is -0.545 e. The van der Waals surface area contributed by atoms with E-state index in [0.29, 0.717) is 46.2 Å². The Hall–Kier alpha value is -7.16. The third-order valence-corrected chi connectivity index (χ3v) is 19.9. The number of carboxylic acid groups (broad SMARTS) is 2. The van der Waals surface area contributed by atoms with Gasteiger partial charge in [0.15, 0.2) is 56.3 Å². The molecule has 0 bridgehead atoms. The van der Waals surface area contributed by atoms with Crippen LogP contribution in [0.25, 0.3) is 0 Å². The Kier molecular flexibility index (Phi) is 22.1. The van der Waals surface area contributed by atoms with Gasteiger partial charge in [0, 0.05) is 68.6 Å². The molecule has 4 saturated heterocycles. The number of phenols is 2. The van der Waals surface area contributed by atoms with Crippen molar-refractivity contribution in [2.45, 2.75) is 98.2 Å². The fourth-order valence-electron chi connectivity index (χ4n) is 11.3. The van der Waals surface area contributed by atoms with Crippen molar-refractivity contribution < 1.29 is 139 Å². The summed E-state index contributed by atoms with van der Waals surface area (Å²) >= 11 is 0. The van der Waals surface area contributed by atoms with Crippen LogP contribution < -0.4 is 44.5 Å². The number of carboxylic acids is 2. The first-order valence-corrected chi connectivity index (χ1v) is 30.7. The topological polar surface area (TPSA) is 252 Å². The molecule has 18 nitrogen and oxygen atoms in total. The summed E-state index contributed by atoms with van der Waals surface area (Å²) in [5.41, 5.74) is 2.05. The predicted molar refractivity (Wildman–Crippen MR) is 295 cm³/mol. The summed E-state index contributed by atoms with van der Waals surface area (Å²) in [4.78, 5) is 48.8. The molecule has 0 spiro atoms. The molecule has 0 aliphatic carbocycles. The van der Waals surface area contributed by atoms with E-state index < -0.39 is 160 Å². The number of amides is 2. The van der Waals surface area contributed by atoms with E-state index in [9.17, 15) is 100 Å². The number of rotatable bonds is 16. The van der Waals surface area contributed by atoms with Crippen LogP contribution in [-0.2, 0) is 52.2 Å². The molecule has 6 aromatic carbocycles. The second kappa shape index (κ2) is 28.8. The number of nitrogens with zero attached hydrogens (tertiary/aromatic N) is 4. The molecular weight excluding hydrogens is 1280 g/mol. The van der Waals surface area contributed by atoms with Crippen molar-refractivity contribution in [2.75, 3.05) is 49.3 Å². The molecule has 4 aliphatic rings. The number of anilines is 2. The molecular formula is C60H53F10N4NaO14S2. The van der Waals surface area contributed by atoms with Gasteiger partial charge in [-0.1, -0.05) is 48.5 Å². The van der Waals surface area contributed by atoms with Gasteiger partial charge < -0.3 is 44.5 Å². The molecule has 0 aromatic heterocycles. The molecule has 4 fully saturated rings. The second-order valence-corrected chi connectivity index (χ2v) is 25.1. The zero-order valence-electron chi connectivity index (χ0n) is 47.9. The van der Waals surface area contributed by atoms with Gasteiger partial charge >= 0.3 is 35.5 Å². The molecule has 31 heteroatoms. The fourth-order valence-corrected chi connectivity index (χ4v) is 14.8. The van der Waals surface area contributed by atoms with Gasteiger partial charge in [-0.3, -0.25) is 9.59 Å². The largest absolute Gasteiger partial charge is 1.00 e. The van der Waals surface area contributed by atoms with Gasteiger partial charge in [-0.15, -0.1) is 0 Å². The fraction of sp³-hybridized carbons (Fsp3) is 0.333. The van der Waals surface area contributed by atoms with Crippen molar-refractivity contribution in [3.05, 3.63) is 176 Å². The average molecular weight is 1330 g/mol. The monoisotopic (exact) mass is 1330 g/mol. The first-order chi connectivity index (χ1) is 42.6. The number of halogens is 10. The van der Waals surface area contributed by atoms with Gasteiger partial charge in [0.05, 0.1) is 19.1 Å². The van der Waals surface area contributed by atoms with Gasteiger partial charge in [0.25, 0.3) is 0 Å². The predicted octanol–water partition coefficient (Wildman–Crippen LogP) is 5.80. The van der Waals surface area contributed by atoms with E-state index in [2.05, 4.69) is 0 Å². The summed E-state index contributed by atoms with van der Waals surface area (Å²) in [6.07, 6.45) is 2.99. The molecule has 10 rings (SSSR count). The van der Waals surface area contributed by atoms with E-state index in [0.717, 1.165) is 70.9 Å². The molecule has 2 amide bonds. The summed E-state index contributed by atoms with van der Waals surface area (Å²) < 4.78 is 207. The molecule has 0 unspecified atom stereocenters. The number of hydrogen-bond donors (Lipinski definition) is 3. The average Bonchev–Trinajstić information content (AvgIpc) is 1.78. The number of benzene rings is 6. The summed E-state index contributed by atoms with van der Waals surface area (Å²) in [5, 5.41) is 41.3. The molecule has 0 radical (unpaired) electrons. The van der Waals surface area contributed by atoms with Crippen LogP contribution >= 0.6 is 0 Å². The molecule has 91 heavy (non-hydrogen) atoms. The first-order valence-electron chi connectivity index (χ1n) is 27.8. The summed E-state index contributed by atoms with van der Waals surface area (Å²) in [5.74, 6) is -31.0. The summed E-state index contributed by atoms with van der Waals surface area (Å²) in [7, 11) is -10.9. The molecule has 0 saturated carbocycles. The quantitative estimate of drug-likeness (QED) is 0.0448. The van der Waals surface area contributed by atoms with Crippen LogP contribution in [0.5, 0.6) is 11.5 Å². The van der Waals surface area contributed by atoms with E-state index in [1.807, 2.05) is 24.3 Å². The van der Waals surface area contributed by atoms with Gasteiger partial charge in [0.2, 0.25) is 43.5 Å². The van der Waals surface area contributed by atoms with E-state index >= 15 is 0 Å². The summed E-state index contributed by atoms with van der Waals surface area (Å²) in [6.45, 7) is 1.12. The number of ether oxygens (including phenoxy) is 2. The van der Waals surface area contributed by atoms with E-state index in [-0.39, 0.29) is 91.5 Å². The van der Waals surface area contributed by atoms with Crippen LogP contribution in [0, 0.1) is 58.2 Å². The zero-order valence-corrected chi connectivity index (χ0v) is 51.6. The number of aromatic carboxylic acids is 2. The second-order valence-electron chi connectivity index (χ2n) is 21.4. The minimum atomic E-state index is -5.45. The third kappa shape index (κ3) is 14.3. The van der Waals surface area contributed by atoms with Gasteiger partial charge in [-0.05, 0) is 110 Å². The van der Waals surface area contributed by atoms with Crippen LogP contribution in [0.15, 0.2) is 94.7 Å². The van der Waals surface area contributed by atoms with Gasteiger partial charge in [-0.2, -0.15) is 8.61 Å². The Bertz CT molecular complexity index is 3700. The van der Waals surface area contributed by atoms with E-state index in [1.54, 1.807) is 24.3 Å². The van der Waals surface area contributed by atoms with Crippen molar-refractivity contribution in [3.63, 3.8) is 0 Å². The molecule has 480 valence electrons. The van der Waals surface area contributed by atoms with Crippen LogP contribution in [-0.4, -0.2) is 116 Å². The summed E-state index contributed by atoms with van der Waals surface area (Å²) in [6, 6.07) is 17.5. The smallest absolute Gasteiger partial charge is 0.545 e. The van der Waals surface area contributed by atoms with Crippen LogP contribution in [0.3, 0.4) is 0 Å². The molecule has 2 atom stereocenters. The number of aromatic hydroxyl groups is 2. The van der Waals surface area contributed by atoms with Gasteiger partial charge in [0.1, 0.15) is 29.1 Å². The van der Waals surface area contributed by atoms with E-state index in [4.69, 9.17) is 9.47 Å². The van der Waals surface area contributed by atoms with Crippen molar-refractivity contribution in [1.82, 2.24) is 8.61 Å². The number of carbonyl (C=O) groups is 4. The number of hydrogen-bond acceptors (Lipinski definition) is 13. The molecule has 4 heterocycles. The normalized spacial score (nSPS) is 17.6. The Morgan fingerprint density at radius 1 is 0.484 bits per heavy atom. The maximum atomic E-state index is 14.6. The van der Waals surface area contributed by atoms with Crippen molar-refractivity contribution in [1.29, 1.82) is 0 Å².